The summed E-state index contributed by atoms with van der Waals surface area (Å²) in [6.45, 7) is 4.01. The van der Waals surface area contributed by atoms with Crippen LogP contribution in [0, 0.1) is 0 Å². The lowest BCUT2D eigenvalue weighted by Crippen LogP contribution is -2.07. The highest BCUT2D eigenvalue weighted by Crippen LogP contribution is 2.33. The Hall–Kier alpha value is -2.36. The second-order valence-electron chi connectivity index (χ2n) is 4.86. The van der Waals surface area contributed by atoms with Crippen LogP contribution in [0.2, 0.25) is 0 Å². The van der Waals surface area contributed by atoms with Gasteiger partial charge in [-0.25, -0.2) is 0 Å². The second kappa shape index (κ2) is 6.88. The summed E-state index contributed by atoms with van der Waals surface area (Å²) in [5.74, 6) is 2.21. The molecule has 2 aromatic carbocycles. The first kappa shape index (κ1) is 15.0. The molecule has 0 saturated carbocycles. The van der Waals surface area contributed by atoms with Crippen molar-refractivity contribution in [1.82, 2.24) is 0 Å². The van der Waals surface area contributed by atoms with Gasteiger partial charge in [0.05, 0.1) is 26.0 Å². The molecule has 112 valence electrons. The van der Waals surface area contributed by atoms with Crippen LogP contribution in [0.1, 0.15) is 13.8 Å². The number of hydrogen-bond donors (Lipinski definition) is 1. The van der Waals surface area contributed by atoms with E-state index in [0.717, 1.165) is 17.1 Å². The van der Waals surface area contributed by atoms with Crippen LogP contribution in [0.15, 0.2) is 42.5 Å². The maximum absolute atomic E-state index is 5.80. The SMILES string of the molecule is COc1ccc(Nc2ccccc2OC(C)C)cc1OC. The van der Waals surface area contributed by atoms with Crippen molar-refractivity contribution >= 4 is 11.4 Å². The number of hydrogen-bond acceptors (Lipinski definition) is 4. The van der Waals surface area contributed by atoms with Gasteiger partial charge in [0.25, 0.3) is 0 Å². The summed E-state index contributed by atoms with van der Waals surface area (Å²) in [5, 5.41) is 3.34. The molecule has 1 N–H and O–H groups in total. The summed E-state index contributed by atoms with van der Waals surface area (Å²) in [6.07, 6.45) is 0.123. The van der Waals surface area contributed by atoms with Crippen molar-refractivity contribution < 1.29 is 14.2 Å². The predicted octanol–water partition coefficient (Wildman–Crippen LogP) is 4.23. The van der Waals surface area contributed by atoms with Gasteiger partial charge in [0.1, 0.15) is 5.75 Å². The van der Waals surface area contributed by atoms with Gasteiger partial charge in [-0.05, 0) is 38.1 Å². The predicted molar refractivity (Wildman–Crippen MR) is 85.0 cm³/mol. The molecule has 0 aliphatic rings. The maximum Gasteiger partial charge on any atom is 0.162 e. The van der Waals surface area contributed by atoms with Gasteiger partial charge in [-0.1, -0.05) is 12.1 Å². The molecule has 21 heavy (non-hydrogen) atoms. The van der Waals surface area contributed by atoms with Gasteiger partial charge in [0, 0.05) is 11.8 Å². The molecule has 0 saturated heterocycles. The molecule has 0 bridgehead atoms. The molecular weight excluding hydrogens is 266 g/mol. The van der Waals surface area contributed by atoms with E-state index in [2.05, 4.69) is 5.32 Å². The van der Waals surface area contributed by atoms with Crippen LogP contribution in [-0.2, 0) is 0 Å². The van der Waals surface area contributed by atoms with Crippen LogP contribution in [0.5, 0.6) is 17.2 Å². The molecule has 0 aliphatic heterocycles. The van der Waals surface area contributed by atoms with Gasteiger partial charge in [-0.2, -0.15) is 0 Å². The summed E-state index contributed by atoms with van der Waals surface area (Å²) < 4.78 is 16.4. The van der Waals surface area contributed by atoms with Crippen molar-refractivity contribution in [2.75, 3.05) is 19.5 Å². The Kier molecular flexibility index (Phi) is 4.93. The van der Waals surface area contributed by atoms with E-state index < -0.39 is 0 Å². The van der Waals surface area contributed by atoms with Gasteiger partial charge in [-0.3, -0.25) is 0 Å². The van der Waals surface area contributed by atoms with Gasteiger partial charge in [-0.15, -0.1) is 0 Å². The molecule has 0 unspecified atom stereocenters. The number of rotatable bonds is 6. The van der Waals surface area contributed by atoms with Gasteiger partial charge >= 0.3 is 0 Å². The fraction of sp³-hybridized carbons (Fsp3) is 0.294. The quantitative estimate of drug-likeness (QED) is 0.863. The fourth-order valence-electron chi connectivity index (χ4n) is 2.00. The minimum atomic E-state index is 0.123. The third-order valence-electron chi connectivity index (χ3n) is 2.91. The summed E-state index contributed by atoms with van der Waals surface area (Å²) in [4.78, 5) is 0. The Morgan fingerprint density at radius 2 is 1.57 bits per heavy atom. The monoisotopic (exact) mass is 287 g/mol. The maximum atomic E-state index is 5.80. The molecule has 2 rings (SSSR count). The lowest BCUT2D eigenvalue weighted by atomic mass is 10.2. The van der Waals surface area contributed by atoms with Gasteiger partial charge in [0.15, 0.2) is 11.5 Å². The van der Waals surface area contributed by atoms with Crippen molar-refractivity contribution in [2.24, 2.45) is 0 Å². The normalized spacial score (nSPS) is 10.3. The van der Waals surface area contributed by atoms with Crippen LogP contribution < -0.4 is 19.5 Å². The first-order chi connectivity index (χ1) is 10.1. The zero-order valence-electron chi connectivity index (χ0n) is 12.8. The molecule has 2 aromatic rings. The standard InChI is InChI=1S/C17H21NO3/c1-12(2)21-15-8-6-5-7-14(15)18-13-9-10-16(19-3)17(11-13)20-4/h5-12,18H,1-4H3. The molecule has 0 fully saturated rings. The van der Waals surface area contributed by atoms with E-state index in [9.17, 15) is 0 Å². The van der Waals surface area contributed by atoms with E-state index >= 15 is 0 Å². The number of benzene rings is 2. The molecule has 0 amide bonds. The minimum Gasteiger partial charge on any atom is -0.493 e. The smallest absolute Gasteiger partial charge is 0.162 e. The zero-order valence-corrected chi connectivity index (χ0v) is 12.8. The minimum absolute atomic E-state index is 0.123. The number of para-hydroxylation sites is 2. The number of methoxy groups -OCH3 is 2. The molecule has 4 nitrogen and oxygen atoms in total. The average molecular weight is 287 g/mol. The van der Waals surface area contributed by atoms with Crippen molar-refractivity contribution in [2.45, 2.75) is 20.0 Å². The Morgan fingerprint density at radius 1 is 0.857 bits per heavy atom. The zero-order chi connectivity index (χ0) is 15.2. The summed E-state index contributed by atoms with van der Waals surface area (Å²) in [6, 6.07) is 13.6. The molecule has 0 aliphatic carbocycles. The Balaban J connectivity index is 2.26. The van der Waals surface area contributed by atoms with Crippen molar-refractivity contribution in [3.05, 3.63) is 42.5 Å². The van der Waals surface area contributed by atoms with Crippen LogP contribution in [-0.4, -0.2) is 20.3 Å². The topological polar surface area (TPSA) is 39.7 Å². The van der Waals surface area contributed by atoms with Gasteiger partial charge in [0.2, 0.25) is 0 Å². The second-order valence-corrected chi connectivity index (χ2v) is 4.86. The Labute approximate surface area is 125 Å². The molecule has 0 heterocycles. The van der Waals surface area contributed by atoms with Crippen LogP contribution >= 0.6 is 0 Å². The number of nitrogens with one attached hydrogen (secondary N) is 1. The lowest BCUT2D eigenvalue weighted by molar-refractivity contribution is 0.244. The third kappa shape index (κ3) is 3.81. The molecule has 4 heteroatoms. The number of anilines is 2. The van der Waals surface area contributed by atoms with E-state index in [-0.39, 0.29) is 6.10 Å². The molecule has 0 atom stereocenters. The highest BCUT2D eigenvalue weighted by molar-refractivity contribution is 5.68. The van der Waals surface area contributed by atoms with Gasteiger partial charge < -0.3 is 19.5 Å². The van der Waals surface area contributed by atoms with E-state index in [1.807, 2.05) is 56.3 Å². The van der Waals surface area contributed by atoms with Crippen molar-refractivity contribution in [1.29, 1.82) is 0 Å². The van der Waals surface area contributed by atoms with E-state index in [4.69, 9.17) is 14.2 Å². The third-order valence-corrected chi connectivity index (χ3v) is 2.91. The Morgan fingerprint density at radius 3 is 2.24 bits per heavy atom. The average Bonchev–Trinajstić information content (AvgIpc) is 2.48. The van der Waals surface area contributed by atoms with E-state index in [0.29, 0.717) is 11.5 Å². The summed E-state index contributed by atoms with van der Waals surface area (Å²) in [5.41, 5.74) is 1.82. The molecule has 0 spiro atoms. The summed E-state index contributed by atoms with van der Waals surface area (Å²) in [7, 11) is 3.24. The van der Waals surface area contributed by atoms with E-state index in [1.54, 1.807) is 14.2 Å². The highest BCUT2D eigenvalue weighted by Gasteiger charge is 2.08. The van der Waals surface area contributed by atoms with E-state index in [1.165, 1.54) is 0 Å². The highest BCUT2D eigenvalue weighted by atomic mass is 16.5. The first-order valence-corrected chi connectivity index (χ1v) is 6.88. The van der Waals surface area contributed by atoms with Crippen molar-refractivity contribution in [3.8, 4) is 17.2 Å². The molecule has 0 aromatic heterocycles. The summed E-state index contributed by atoms with van der Waals surface area (Å²) >= 11 is 0. The van der Waals surface area contributed by atoms with Crippen molar-refractivity contribution in [3.63, 3.8) is 0 Å². The molecule has 0 radical (unpaired) electrons. The van der Waals surface area contributed by atoms with Crippen LogP contribution in [0.25, 0.3) is 0 Å². The Bertz CT molecular complexity index is 596. The first-order valence-electron chi connectivity index (χ1n) is 6.88. The molecular formula is C17H21NO3. The largest absolute Gasteiger partial charge is 0.493 e. The number of ether oxygens (including phenoxy) is 3. The lowest BCUT2D eigenvalue weighted by Gasteiger charge is -2.16. The van der Waals surface area contributed by atoms with Crippen LogP contribution in [0.3, 0.4) is 0 Å². The van der Waals surface area contributed by atoms with Crippen LogP contribution in [0.4, 0.5) is 11.4 Å². The fourth-order valence-corrected chi connectivity index (χ4v) is 2.00.